The second-order valence-corrected chi connectivity index (χ2v) is 3.77. The largest absolute Gasteiger partial charge is 0.352 e. The lowest BCUT2D eigenvalue weighted by atomic mass is 10.1. The summed E-state index contributed by atoms with van der Waals surface area (Å²) in [5, 5.41) is 4.15. The van der Waals surface area contributed by atoms with Gasteiger partial charge in [-0.05, 0) is 20.8 Å². The number of nitrogens with zero attached hydrogens (tertiary/aromatic N) is 2. The highest BCUT2D eigenvalue weighted by molar-refractivity contribution is 5.97. The molecule has 0 aliphatic carbocycles. The zero-order valence-corrected chi connectivity index (χ0v) is 10.9. The van der Waals surface area contributed by atoms with Gasteiger partial charge in [0.05, 0.1) is 17.7 Å². The van der Waals surface area contributed by atoms with Gasteiger partial charge in [-0.1, -0.05) is 0 Å². The molecule has 17 heavy (non-hydrogen) atoms. The average Bonchev–Trinajstić information content (AvgIpc) is 2.58. The molecule has 0 bridgehead atoms. The molecule has 0 aromatic carbocycles. The number of hydrogen-bond acceptors (Lipinski definition) is 4. The molecule has 5 heteroatoms. The van der Waals surface area contributed by atoms with E-state index in [0.29, 0.717) is 18.8 Å². The number of aryl methyl sites for hydroxylation is 2. The number of aromatic nitrogens is 2. The second-order valence-electron chi connectivity index (χ2n) is 3.77. The lowest BCUT2D eigenvalue weighted by molar-refractivity contribution is -0.133. The molecule has 0 unspecified atom stereocenters. The molecule has 0 atom stereocenters. The van der Waals surface area contributed by atoms with Gasteiger partial charge in [0, 0.05) is 26.5 Å². The first-order valence-corrected chi connectivity index (χ1v) is 5.85. The minimum atomic E-state index is -0.461. The number of carbonyl (C=O) groups is 1. The van der Waals surface area contributed by atoms with Gasteiger partial charge in [0.15, 0.2) is 12.1 Å². The smallest absolute Gasteiger partial charge is 0.171 e. The topological polar surface area (TPSA) is 53.4 Å². The van der Waals surface area contributed by atoms with Crippen LogP contribution in [0.4, 0.5) is 0 Å². The fraction of sp³-hybridized carbons (Fsp3) is 0.667. The van der Waals surface area contributed by atoms with Crippen LogP contribution in [0, 0.1) is 6.92 Å². The number of carbonyl (C=O) groups excluding carboxylic acids is 1. The number of Topliss-reactive ketones (excluding diaryl/α,β-unsaturated/α-hetero) is 1. The molecule has 1 aromatic heterocycles. The highest BCUT2D eigenvalue weighted by Gasteiger charge is 2.18. The molecule has 0 aliphatic heterocycles. The Morgan fingerprint density at radius 1 is 1.41 bits per heavy atom. The summed E-state index contributed by atoms with van der Waals surface area (Å²) in [5.41, 5.74) is 1.38. The number of ether oxygens (including phenoxy) is 2. The van der Waals surface area contributed by atoms with E-state index >= 15 is 0 Å². The first-order valence-electron chi connectivity index (χ1n) is 5.85. The summed E-state index contributed by atoms with van der Waals surface area (Å²) >= 11 is 0. The zero-order chi connectivity index (χ0) is 12.8. The molecule has 1 rings (SSSR count). The minimum Gasteiger partial charge on any atom is -0.352 e. The third-order valence-corrected chi connectivity index (χ3v) is 2.37. The van der Waals surface area contributed by atoms with E-state index in [2.05, 4.69) is 5.10 Å². The van der Waals surface area contributed by atoms with Crippen LogP contribution >= 0.6 is 0 Å². The molecule has 0 spiro atoms. The fourth-order valence-corrected chi connectivity index (χ4v) is 1.67. The summed E-state index contributed by atoms with van der Waals surface area (Å²) in [6.07, 6.45) is 1.50. The Labute approximate surface area is 102 Å². The van der Waals surface area contributed by atoms with Crippen molar-refractivity contribution in [2.75, 3.05) is 13.2 Å². The van der Waals surface area contributed by atoms with E-state index in [0.717, 1.165) is 5.69 Å². The minimum absolute atomic E-state index is 0.00231. The summed E-state index contributed by atoms with van der Waals surface area (Å²) in [4.78, 5) is 12.0. The van der Waals surface area contributed by atoms with Gasteiger partial charge in [-0.3, -0.25) is 9.48 Å². The van der Waals surface area contributed by atoms with Crippen molar-refractivity contribution in [3.8, 4) is 0 Å². The normalized spacial score (nSPS) is 11.1. The molecule has 0 amide bonds. The van der Waals surface area contributed by atoms with Crippen molar-refractivity contribution in [2.24, 2.45) is 7.05 Å². The Morgan fingerprint density at radius 3 is 2.41 bits per heavy atom. The van der Waals surface area contributed by atoms with Crippen molar-refractivity contribution >= 4 is 5.78 Å². The van der Waals surface area contributed by atoms with Crippen molar-refractivity contribution in [3.05, 3.63) is 17.5 Å². The quantitative estimate of drug-likeness (QED) is 0.537. The lowest BCUT2D eigenvalue weighted by Crippen LogP contribution is -2.21. The Balaban J connectivity index is 2.66. The van der Waals surface area contributed by atoms with Crippen molar-refractivity contribution in [1.29, 1.82) is 0 Å². The van der Waals surface area contributed by atoms with E-state index in [-0.39, 0.29) is 12.2 Å². The third kappa shape index (κ3) is 3.94. The van der Waals surface area contributed by atoms with Crippen LogP contribution in [0.1, 0.15) is 36.3 Å². The van der Waals surface area contributed by atoms with Crippen LogP contribution in [0.2, 0.25) is 0 Å². The Bertz CT molecular complexity index is 368. The van der Waals surface area contributed by atoms with Crippen LogP contribution in [0.15, 0.2) is 6.20 Å². The van der Waals surface area contributed by atoms with Crippen LogP contribution < -0.4 is 0 Å². The molecular weight excluding hydrogens is 220 g/mol. The van der Waals surface area contributed by atoms with E-state index in [4.69, 9.17) is 9.47 Å². The molecule has 0 fully saturated rings. The maximum Gasteiger partial charge on any atom is 0.171 e. The van der Waals surface area contributed by atoms with E-state index in [1.54, 1.807) is 17.9 Å². The molecule has 0 saturated carbocycles. The highest BCUT2D eigenvalue weighted by atomic mass is 16.7. The van der Waals surface area contributed by atoms with Gasteiger partial charge in [0.1, 0.15) is 0 Å². The van der Waals surface area contributed by atoms with Crippen LogP contribution in [-0.4, -0.2) is 35.1 Å². The second kappa shape index (κ2) is 6.51. The van der Waals surface area contributed by atoms with E-state index in [1.165, 1.54) is 0 Å². The van der Waals surface area contributed by atoms with E-state index < -0.39 is 6.29 Å². The SMILES string of the molecule is CCOC(CC(=O)c1cn(C)nc1C)OCC. The Kier molecular flexibility index (Phi) is 5.31. The van der Waals surface area contributed by atoms with Crippen LogP contribution in [0.25, 0.3) is 0 Å². The Hall–Kier alpha value is -1.20. The van der Waals surface area contributed by atoms with Gasteiger partial charge in [0.25, 0.3) is 0 Å². The van der Waals surface area contributed by atoms with Gasteiger partial charge in [-0.25, -0.2) is 0 Å². The number of rotatable bonds is 7. The van der Waals surface area contributed by atoms with Gasteiger partial charge in [-0.15, -0.1) is 0 Å². The monoisotopic (exact) mass is 240 g/mol. The molecule has 0 N–H and O–H groups in total. The van der Waals surface area contributed by atoms with Crippen LogP contribution in [0.5, 0.6) is 0 Å². The summed E-state index contributed by atoms with van der Waals surface area (Å²) in [6, 6.07) is 0. The molecule has 96 valence electrons. The first kappa shape index (κ1) is 13.9. The molecule has 1 heterocycles. The number of ketones is 1. The van der Waals surface area contributed by atoms with Crippen molar-refractivity contribution in [3.63, 3.8) is 0 Å². The van der Waals surface area contributed by atoms with Crippen LogP contribution in [0.3, 0.4) is 0 Å². The standard InChI is InChI=1S/C12H20N2O3/c1-5-16-12(17-6-2)7-11(15)10-8-14(4)13-9(10)3/h8,12H,5-7H2,1-4H3. The van der Waals surface area contributed by atoms with Crippen LogP contribution in [-0.2, 0) is 16.5 Å². The molecule has 0 radical (unpaired) electrons. The summed E-state index contributed by atoms with van der Waals surface area (Å²) in [6.45, 7) is 6.65. The zero-order valence-electron chi connectivity index (χ0n) is 10.9. The van der Waals surface area contributed by atoms with Crippen molar-refractivity contribution in [2.45, 2.75) is 33.5 Å². The first-order chi connectivity index (χ1) is 8.08. The van der Waals surface area contributed by atoms with Gasteiger partial charge in [-0.2, -0.15) is 5.10 Å². The predicted molar refractivity (Wildman–Crippen MR) is 63.9 cm³/mol. The van der Waals surface area contributed by atoms with Crippen molar-refractivity contribution in [1.82, 2.24) is 9.78 Å². The van der Waals surface area contributed by atoms with Gasteiger partial charge < -0.3 is 9.47 Å². The summed E-state index contributed by atoms with van der Waals surface area (Å²) in [7, 11) is 1.80. The molecule has 1 aromatic rings. The molecular formula is C12H20N2O3. The number of hydrogen-bond donors (Lipinski definition) is 0. The fourth-order valence-electron chi connectivity index (χ4n) is 1.67. The lowest BCUT2D eigenvalue weighted by Gasteiger charge is -2.15. The molecule has 0 saturated heterocycles. The third-order valence-electron chi connectivity index (χ3n) is 2.37. The maximum atomic E-state index is 12.0. The Morgan fingerprint density at radius 2 is 2.00 bits per heavy atom. The summed E-state index contributed by atoms with van der Waals surface area (Å²) in [5.74, 6) is 0.00231. The van der Waals surface area contributed by atoms with Gasteiger partial charge >= 0.3 is 0 Å². The highest BCUT2D eigenvalue weighted by Crippen LogP contribution is 2.12. The van der Waals surface area contributed by atoms with Crippen molar-refractivity contribution < 1.29 is 14.3 Å². The van der Waals surface area contributed by atoms with E-state index in [9.17, 15) is 4.79 Å². The molecule has 5 nitrogen and oxygen atoms in total. The predicted octanol–water partition coefficient (Wildman–Crippen LogP) is 1.70. The van der Waals surface area contributed by atoms with Gasteiger partial charge in [0.2, 0.25) is 0 Å². The molecule has 0 aliphatic rings. The average molecular weight is 240 g/mol. The maximum absolute atomic E-state index is 12.0. The summed E-state index contributed by atoms with van der Waals surface area (Å²) < 4.78 is 12.3. The van der Waals surface area contributed by atoms with E-state index in [1.807, 2.05) is 20.8 Å².